The summed E-state index contributed by atoms with van der Waals surface area (Å²) < 4.78 is 0. The molecule has 2 atom stereocenters. The fraction of sp³-hybridized carbons (Fsp3) is 0.500. The van der Waals surface area contributed by atoms with Crippen molar-refractivity contribution in [2.75, 3.05) is 6.54 Å². The second-order valence-corrected chi connectivity index (χ2v) is 6.44. The molecule has 2 unspecified atom stereocenters. The van der Waals surface area contributed by atoms with Gasteiger partial charge in [0.05, 0.1) is 30.1 Å². The standard InChI is InChI=1S/C16H20ClN3O/c1-16(2,10-19)14-7-6-13(20(14)15(21)9-18)11-4-3-5-12(17)8-11/h3-5,8,13-14H,6-7,9,18H2,1-2H3. The number of nitriles is 1. The van der Waals surface area contributed by atoms with Crippen LogP contribution in [-0.2, 0) is 4.79 Å². The van der Waals surface area contributed by atoms with Gasteiger partial charge in [-0.25, -0.2) is 0 Å². The van der Waals surface area contributed by atoms with E-state index in [1.54, 1.807) is 4.90 Å². The number of likely N-dealkylation sites (tertiary alicyclic amines) is 1. The van der Waals surface area contributed by atoms with Crippen molar-refractivity contribution >= 4 is 17.5 Å². The molecule has 0 aliphatic carbocycles. The molecule has 0 radical (unpaired) electrons. The van der Waals surface area contributed by atoms with E-state index in [1.807, 2.05) is 38.1 Å². The predicted molar refractivity (Wildman–Crippen MR) is 82.5 cm³/mol. The summed E-state index contributed by atoms with van der Waals surface area (Å²) in [6.07, 6.45) is 1.62. The summed E-state index contributed by atoms with van der Waals surface area (Å²) in [4.78, 5) is 14.1. The van der Waals surface area contributed by atoms with Gasteiger partial charge in [-0.2, -0.15) is 5.26 Å². The van der Waals surface area contributed by atoms with Crippen LogP contribution in [0.2, 0.25) is 5.02 Å². The fourth-order valence-electron chi connectivity index (χ4n) is 3.09. The minimum atomic E-state index is -0.599. The van der Waals surface area contributed by atoms with Gasteiger partial charge in [-0.15, -0.1) is 0 Å². The van der Waals surface area contributed by atoms with Crippen molar-refractivity contribution in [3.05, 3.63) is 34.9 Å². The van der Waals surface area contributed by atoms with Crippen LogP contribution >= 0.6 is 11.6 Å². The van der Waals surface area contributed by atoms with Gasteiger partial charge >= 0.3 is 0 Å². The highest BCUT2D eigenvalue weighted by Gasteiger charge is 2.44. The summed E-state index contributed by atoms with van der Waals surface area (Å²) in [6.45, 7) is 3.69. The minimum Gasteiger partial charge on any atom is -0.330 e. The van der Waals surface area contributed by atoms with Crippen molar-refractivity contribution in [2.45, 2.75) is 38.8 Å². The van der Waals surface area contributed by atoms with Gasteiger partial charge in [0.15, 0.2) is 0 Å². The number of nitrogens with zero attached hydrogens (tertiary/aromatic N) is 2. The van der Waals surface area contributed by atoms with Crippen LogP contribution in [0.4, 0.5) is 0 Å². The Kier molecular flexibility index (Phi) is 4.55. The van der Waals surface area contributed by atoms with Crippen LogP contribution in [0, 0.1) is 16.7 Å². The highest BCUT2D eigenvalue weighted by Crippen LogP contribution is 2.43. The van der Waals surface area contributed by atoms with Gasteiger partial charge in [0.2, 0.25) is 5.91 Å². The lowest BCUT2D eigenvalue weighted by atomic mass is 9.84. The number of rotatable bonds is 3. The summed E-state index contributed by atoms with van der Waals surface area (Å²) >= 11 is 6.06. The van der Waals surface area contributed by atoms with Gasteiger partial charge in [0.1, 0.15) is 0 Å². The maximum Gasteiger partial charge on any atom is 0.237 e. The van der Waals surface area contributed by atoms with Gasteiger partial charge in [0, 0.05) is 5.02 Å². The molecule has 1 heterocycles. The third-order valence-corrected chi connectivity index (χ3v) is 4.44. The fourth-order valence-corrected chi connectivity index (χ4v) is 3.29. The van der Waals surface area contributed by atoms with Crippen LogP contribution < -0.4 is 5.73 Å². The van der Waals surface area contributed by atoms with E-state index in [0.29, 0.717) is 5.02 Å². The van der Waals surface area contributed by atoms with E-state index < -0.39 is 5.41 Å². The molecule has 1 aromatic rings. The van der Waals surface area contributed by atoms with Gasteiger partial charge < -0.3 is 10.6 Å². The SMILES string of the molecule is CC(C)(C#N)C1CCC(c2cccc(Cl)c2)N1C(=O)CN. The third-order valence-electron chi connectivity index (χ3n) is 4.20. The number of halogens is 1. The van der Waals surface area contributed by atoms with Crippen molar-refractivity contribution in [1.29, 1.82) is 5.26 Å². The zero-order chi connectivity index (χ0) is 15.6. The lowest BCUT2D eigenvalue weighted by Crippen LogP contribution is -2.47. The Morgan fingerprint density at radius 3 is 2.81 bits per heavy atom. The lowest BCUT2D eigenvalue weighted by molar-refractivity contribution is -0.134. The summed E-state index contributed by atoms with van der Waals surface area (Å²) in [7, 11) is 0. The van der Waals surface area contributed by atoms with Crippen LogP contribution in [0.5, 0.6) is 0 Å². The van der Waals surface area contributed by atoms with Crippen LogP contribution in [-0.4, -0.2) is 23.4 Å². The zero-order valence-electron chi connectivity index (χ0n) is 12.3. The molecule has 1 aliphatic heterocycles. The number of hydrogen-bond donors (Lipinski definition) is 1. The van der Waals surface area contributed by atoms with Crippen molar-refractivity contribution in [3.63, 3.8) is 0 Å². The Bertz CT molecular complexity index is 579. The highest BCUT2D eigenvalue weighted by atomic mass is 35.5. The molecule has 0 saturated carbocycles. The molecule has 2 rings (SSSR count). The summed E-state index contributed by atoms with van der Waals surface area (Å²) in [5.74, 6) is -0.120. The maximum absolute atomic E-state index is 12.3. The Balaban J connectivity index is 2.39. The van der Waals surface area contributed by atoms with E-state index in [1.165, 1.54) is 0 Å². The zero-order valence-corrected chi connectivity index (χ0v) is 13.1. The van der Waals surface area contributed by atoms with Crippen molar-refractivity contribution in [2.24, 2.45) is 11.1 Å². The van der Waals surface area contributed by atoms with Gasteiger partial charge in [0.25, 0.3) is 0 Å². The van der Waals surface area contributed by atoms with Gasteiger partial charge in [-0.05, 0) is 44.4 Å². The van der Waals surface area contributed by atoms with Crippen molar-refractivity contribution in [3.8, 4) is 6.07 Å². The highest BCUT2D eigenvalue weighted by molar-refractivity contribution is 6.30. The molecule has 0 aromatic heterocycles. The molecule has 4 nitrogen and oxygen atoms in total. The first-order valence-corrected chi connectivity index (χ1v) is 7.46. The molecule has 0 spiro atoms. The second-order valence-electron chi connectivity index (χ2n) is 6.00. The van der Waals surface area contributed by atoms with Crippen LogP contribution in [0.15, 0.2) is 24.3 Å². The topological polar surface area (TPSA) is 70.1 Å². The number of benzene rings is 1. The first-order valence-electron chi connectivity index (χ1n) is 7.08. The monoisotopic (exact) mass is 305 g/mol. The van der Waals surface area contributed by atoms with Crippen LogP contribution in [0.3, 0.4) is 0 Å². The molecule has 112 valence electrons. The largest absolute Gasteiger partial charge is 0.330 e. The molecule has 0 bridgehead atoms. The van der Waals surface area contributed by atoms with Gasteiger partial charge in [-0.1, -0.05) is 23.7 Å². The molecule has 21 heavy (non-hydrogen) atoms. The Morgan fingerprint density at radius 2 is 2.24 bits per heavy atom. The summed E-state index contributed by atoms with van der Waals surface area (Å²) in [5.41, 5.74) is 5.97. The molecule has 5 heteroatoms. The smallest absolute Gasteiger partial charge is 0.237 e. The van der Waals surface area contributed by atoms with Crippen LogP contribution in [0.25, 0.3) is 0 Å². The normalized spacial score (nSPS) is 22.1. The van der Waals surface area contributed by atoms with Crippen molar-refractivity contribution < 1.29 is 4.79 Å². The Labute approximate surface area is 130 Å². The Morgan fingerprint density at radius 1 is 1.52 bits per heavy atom. The number of carbonyl (C=O) groups is 1. The van der Waals surface area contributed by atoms with Crippen LogP contribution in [0.1, 0.15) is 38.3 Å². The van der Waals surface area contributed by atoms with Crippen molar-refractivity contribution in [1.82, 2.24) is 4.90 Å². The number of hydrogen-bond acceptors (Lipinski definition) is 3. The first-order chi connectivity index (χ1) is 9.90. The minimum absolute atomic E-state index is 0.0466. The quantitative estimate of drug-likeness (QED) is 0.933. The molecular weight excluding hydrogens is 286 g/mol. The molecule has 1 aromatic carbocycles. The molecule has 2 N–H and O–H groups in total. The van der Waals surface area contributed by atoms with E-state index in [9.17, 15) is 10.1 Å². The second kappa shape index (κ2) is 6.05. The molecule has 1 fully saturated rings. The maximum atomic E-state index is 12.3. The van der Waals surface area contributed by atoms with E-state index >= 15 is 0 Å². The average molecular weight is 306 g/mol. The van der Waals surface area contributed by atoms with E-state index in [2.05, 4.69) is 6.07 Å². The molecule has 1 aliphatic rings. The molecule has 1 amide bonds. The average Bonchev–Trinajstić information content (AvgIpc) is 2.92. The summed E-state index contributed by atoms with van der Waals surface area (Å²) in [6, 6.07) is 9.67. The molecular formula is C16H20ClN3O. The molecule has 1 saturated heterocycles. The summed E-state index contributed by atoms with van der Waals surface area (Å²) in [5, 5.41) is 10.0. The third kappa shape index (κ3) is 3.04. The van der Waals surface area contributed by atoms with E-state index in [-0.39, 0.29) is 24.5 Å². The van der Waals surface area contributed by atoms with E-state index in [0.717, 1.165) is 18.4 Å². The Hall–Kier alpha value is -1.57. The number of carbonyl (C=O) groups excluding carboxylic acids is 1. The predicted octanol–water partition coefficient (Wildman–Crippen LogP) is 2.88. The van der Waals surface area contributed by atoms with Gasteiger partial charge in [-0.3, -0.25) is 4.79 Å². The number of nitrogens with two attached hydrogens (primary N) is 1. The lowest BCUT2D eigenvalue weighted by Gasteiger charge is -2.36. The van der Waals surface area contributed by atoms with E-state index in [4.69, 9.17) is 17.3 Å². The number of amides is 1. The first kappa shape index (κ1) is 15.8.